The summed E-state index contributed by atoms with van der Waals surface area (Å²) >= 11 is 0. The lowest BCUT2D eigenvalue weighted by Gasteiger charge is -2.30. The van der Waals surface area contributed by atoms with Gasteiger partial charge in [-0.05, 0) is 12.8 Å². The van der Waals surface area contributed by atoms with Crippen LogP contribution in [0.1, 0.15) is 38.5 Å². The molecule has 0 aromatic heterocycles. The second-order valence-electron chi connectivity index (χ2n) is 5.17. The van der Waals surface area contributed by atoms with E-state index in [4.69, 9.17) is 10.8 Å². The Kier molecular flexibility index (Phi) is 5.61. The van der Waals surface area contributed by atoms with Gasteiger partial charge in [0, 0.05) is 6.54 Å². The predicted molar refractivity (Wildman–Crippen MR) is 64.3 cm³/mol. The smallest absolute Gasteiger partial charge is 0.382 e. The summed E-state index contributed by atoms with van der Waals surface area (Å²) in [5.41, 5.74) is 4.88. The average molecular weight is 282 g/mol. The highest BCUT2D eigenvalue weighted by molar-refractivity contribution is 5.82. The summed E-state index contributed by atoms with van der Waals surface area (Å²) in [4.78, 5) is 12.1. The highest BCUT2D eigenvalue weighted by Gasteiger charge is 2.41. The largest absolute Gasteiger partial charge is 0.416 e. The fourth-order valence-corrected chi connectivity index (χ4v) is 2.42. The van der Waals surface area contributed by atoms with Crippen molar-refractivity contribution in [2.45, 2.75) is 50.8 Å². The highest BCUT2D eigenvalue weighted by atomic mass is 19.4. The van der Waals surface area contributed by atoms with Gasteiger partial charge in [0.05, 0.1) is 12.0 Å². The van der Waals surface area contributed by atoms with E-state index in [-0.39, 0.29) is 6.54 Å². The third-order valence-electron chi connectivity index (χ3n) is 3.77. The standard InChI is InChI=1S/C12H21F3N2O2/c13-12(14,15)9(18)7-17-10(19)11(8-16)5-3-1-2-4-6-11/h9,18H,1-8,16H2,(H,17,19). The fraction of sp³-hybridized carbons (Fsp3) is 0.917. The maximum absolute atomic E-state index is 12.2. The number of amides is 1. The minimum absolute atomic E-state index is 0.126. The van der Waals surface area contributed by atoms with Crippen molar-refractivity contribution in [3.63, 3.8) is 0 Å². The van der Waals surface area contributed by atoms with E-state index >= 15 is 0 Å². The van der Waals surface area contributed by atoms with Crippen molar-refractivity contribution in [2.24, 2.45) is 11.1 Å². The van der Waals surface area contributed by atoms with Crippen molar-refractivity contribution in [1.82, 2.24) is 5.32 Å². The van der Waals surface area contributed by atoms with Crippen LogP contribution in [0.4, 0.5) is 13.2 Å². The van der Waals surface area contributed by atoms with Gasteiger partial charge in [-0.3, -0.25) is 4.79 Å². The number of hydrogen-bond acceptors (Lipinski definition) is 3. The summed E-state index contributed by atoms with van der Waals surface area (Å²) in [6.07, 6.45) is -2.32. The number of aliphatic hydroxyl groups is 1. The molecule has 0 aromatic rings. The van der Waals surface area contributed by atoms with E-state index in [1.165, 1.54) is 0 Å². The topological polar surface area (TPSA) is 75.4 Å². The van der Waals surface area contributed by atoms with Gasteiger partial charge in [0.1, 0.15) is 0 Å². The highest BCUT2D eigenvalue weighted by Crippen LogP contribution is 2.34. The van der Waals surface area contributed by atoms with Gasteiger partial charge < -0.3 is 16.2 Å². The minimum Gasteiger partial charge on any atom is -0.382 e. The van der Waals surface area contributed by atoms with Gasteiger partial charge in [0.2, 0.25) is 5.91 Å². The molecular weight excluding hydrogens is 261 g/mol. The van der Waals surface area contributed by atoms with E-state index in [9.17, 15) is 18.0 Å². The van der Waals surface area contributed by atoms with Crippen LogP contribution in [0.3, 0.4) is 0 Å². The number of halogens is 3. The van der Waals surface area contributed by atoms with Crippen molar-refractivity contribution in [3.8, 4) is 0 Å². The number of carbonyl (C=O) groups excluding carboxylic acids is 1. The molecule has 4 nitrogen and oxygen atoms in total. The molecule has 1 unspecified atom stereocenters. The first-order valence-electron chi connectivity index (χ1n) is 6.55. The Bertz CT molecular complexity index is 300. The van der Waals surface area contributed by atoms with Gasteiger partial charge in [0.25, 0.3) is 0 Å². The molecule has 0 radical (unpaired) electrons. The van der Waals surface area contributed by atoms with E-state index in [1.54, 1.807) is 0 Å². The zero-order chi connectivity index (χ0) is 14.5. The lowest BCUT2D eigenvalue weighted by atomic mass is 9.79. The Morgan fingerprint density at radius 2 is 1.79 bits per heavy atom. The Morgan fingerprint density at radius 1 is 1.26 bits per heavy atom. The van der Waals surface area contributed by atoms with E-state index in [0.717, 1.165) is 25.7 Å². The normalized spacial score (nSPS) is 21.5. The lowest BCUT2D eigenvalue weighted by Crippen LogP contribution is -2.49. The zero-order valence-corrected chi connectivity index (χ0v) is 10.8. The number of hydrogen-bond donors (Lipinski definition) is 3. The molecule has 1 saturated carbocycles. The summed E-state index contributed by atoms with van der Waals surface area (Å²) in [6, 6.07) is 0. The van der Waals surface area contributed by atoms with E-state index in [0.29, 0.717) is 12.8 Å². The van der Waals surface area contributed by atoms with Crippen molar-refractivity contribution in [2.75, 3.05) is 13.1 Å². The SMILES string of the molecule is NCC1(C(=O)NCC(O)C(F)(F)F)CCCCCC1. The first kappa shape index (κ1) is 16.2. The first-order chi connectivity index (χ1) is 8.82. The van der Waals surface area contributed by atoms with Crippen molar-refractivity contribution >= 4 is 5.91 Å². The Balaban J connectivity index is 2.59. The average Bonchev–Trinajstić information content (AvgIpc) is 2.60. The molecule has 1 fully saturated rings. The Morgan fingerprint density at radius 3 is 2.21 bits per heavy atom. The van der Waals surface area contributed by atoms with Gasteiger partial charge >= 0.3 is 6.18 Å². The fourth-order valence-electron chi connectivity index (χ4n) is 2.42. The second-order valence-corrected chi connectivity index (χ2v) is 5.17. The van der Waals surface area contributed by atoms with Crippen LogP contribution in [-0.4, -0.2) is 36.4 Å². The summed E-state index contributed by atoms with van der Waals surface area (Å²) in [6.45, 7) is -0.689. The van der Waals surface area contributed by atoms with Gasteiger partial charge in [0.15, 0.2) is 6.10 Å². The van der Waals surface area contributed by atoms with E-state index < -0.39 is 30.1 Å². The number of rotatable bonds is 4. The molecule has 112 valence electrons. The minimum atomic E-state index is -4.72. The van der Waals surface area contributed by atoms with Crippen LogP contribution in [0.25, 0.3) is 0 Å². The van der Waals surface area contributed by atoms with Crippen LogP contribution in [-0.2, 0) is 4.79 Å². The monoisotopic (exact) mass is 282 g/mol. The first-order valence-corrected chi connectivity index (χ1v) is 6.55. The van der Waals surface area contributed by atoms with Crippen molar-refractivity contribution < 1.29 is 23.1 Å². The Labute approximate surface area is 110 Å². The van der Waals surface area contributed by atoms with Gasteiger partial charge in [-0.25, -0.2) is 0 Å². The number of nitrogens with two attached hydrogens (primary N) is 1. The summed E-state index contributed by atoms with van der Waals surface area (Å²) in [7, 11) is 0. The molecule has 1 aliphatic rings. The molecular formula is C12H21F3N2O2. The summed E-state index contributed by atoms with van der Waals surface area (Å²) in [5, 5.41) is 11.1. The molecule has 0 saturated heterocycles. The van der Waals surface area contributed by atoms with Crippen LogP contribution in [0.15, 0.2) is 0 Å². The molecule has 7 heteroatoms. The molecule has 0 heterocycles. The maximum Gasteiger partial charge on any atom is 0.416 e. The quantitative estimate of drug-likeness (QED) is 0.681. The predicted octanol–water partition coefficient (Wildman–Crippen LogP) is 1.33. The number of alkyl halides is 3. The number of nitrogens with one attached hydrogen (secondary N) is 1. The van der Waals surface area contributed by atoms with Crippen LogP contribution in [0.2, 0.25) is 0 Å². The molecule has 0 spiro atoms. The summed E-state index contributed by atoms with van der Waals surface area (Å²) < 4.78 is 36.5. The molecule has 4 N–H and O–H groups in total. The van der Waals surface area contributed by atoms with E-state index in [2.05, 4.69) is 5.32 Å². The van der Waals surface area contributed by atoms with Crippen LogP contribution in [0, 0.1) is 5.41 Å². The lowest BCUT2D eigenvalue weighted by molar-refractivity contribution is -0.202. The third kappa shape index (κ3) is 4.35. The van der Waals surface area contributed by atoms with Gasteiger partial charge in [-0.2, -0.15) is 13.2 Å². The molecule has 19 heavy (non-hydrogen) atoms. The zero-order valence-electron chi connectivity index (χ0n) is 10.8. The Hall–Kier alpha value is -0.820. The molecule has 0 aliphatic heterocycles. The third-order valence-corrected chi connectivity index (χ3v) is 3.77. The molecule has 0 aromatic carbocycles. The van der Waals surface area contributed by atoms with Crippen molar-refractivity contribution in [1.29, 1.82) is 0 Å². The maximum atomic E-state index is 12.2. The molecule has 1 atom stereocenters. The van der Waals surface area contributed by atoms with Gasteiger partial charge in [-0.15, -0.1) is 0 Å². The molecule has 1 rings (SSSR count). The summed E-state index contributed by atoms with van der Waals surface area (Å²) in [5.74, 6) is -0.472. The van der Waals surface area contributed by atoms with Crippen LogP contribution >= 0.6 is 0 Å². The van der Waals surface area contributed by atoms with Crippen LogP contribution < -0.4 is 11.1 Å². The number of carbonyl (C=O) groups is 1. The second kappa shape index (κ2) is 6.56. The number of aliphatic hydroxyl groups excluding tert-OH is 1. The van der Waals surface area contributed by atoms with E-state index in [1.807, 2.05) is 0 Å². The van der Waals surface area contributed by atoms with Crippen molar-refractivity contribution in [3.05, 3.63) is 0 Å². The molecule has 1 aliphatic carbocycles. The van der Waals surface area contributed by atoms with Crippen LogP contribution in [0.5, 0.6) is 0 Å². The van der Waals surface area contributed by atoms with Gasteiger partial charge in [-0.1, -0.05) is 25.7 Å². The molecule has 1 amide bonds. The molecule has 0 bridgehead atoms.